The molecular formula is C34H31Cl2N3O4S. The first-order valence-corrected chi connectivity index (χ1v) is 15.6. The van der Waals surface area contributed by atoms with Crippen LogP contribution in [0.2, 0.25) is 10.0 Å². The fraction of sp³-hybridized carbons (Fsp3) is 0.147. The molecule has 0 spiro atoms. The van der Waals surface area contributed by atoms with E-state index in [1.807, 2.05) is 38.1 Å². The van der Waals surface area contributed by atoms with Crippen LogP contribution in [0, 0.1) is 0 Å². The number of nitrogens with one attached hydrogen (secondary N) is 3. The Bertz CT molecular complexity index is 1660. The zero-order valence-electron chi connectivity index (χ0n) is 24.1. The quantitative estimate of drug-likeness (QED) is 0.106. The van der Waals surface area contributed by atoms with Crippen LogP contribution in [0.15, 0.2) is 108 Å². The molecule has 226 valence electrons. The van der Waals surface area contributed by atoms with E-state index in [9.17, 15) is 14.4 Å². The van der Waals surface area contributed by atoms with Gasteiger partial charge in [0, 0.05) is 21.7 Å². The first kappa shape index (κ1) is 32.7. The van der Waals surface area contributed by atoms with Gasteiger partial charge in [-0.1, -0.05) is 78.7 Å². The lowest BCUT2D eigenvalue weighted by atomic mass is 10.1. The first-order chi connectivity index (χ1) is 21.3. The summed E-state index contributed by atoms with van der Waals surface area (Å²) in [5.41, 5.74) is 2.01. The van der Waals surface area contributed by atoms with Gasteiger partial charge in [-0.05, 0) is 68.0 Å². The van der Waals surface area contributed by atoms with Crippen molar-refractivity contribution in [2.45, 2.75) is 30.4 Å². The fourth-order valence-corrected chi connectivity index (χ4v) is 5.49. The number of benzene rings is 4. The van der Waals surface area contributed by atoms with Crippen molar-refractivity contribution in [1.29, 1.82) is 0 Å². The van der Waals surface area contributed by atoms with Gasteiger partial charge in [0.2, 0.25) is 5.91 Å². The van der Waals surface area contributed by atoms with Crippen molar-refractivity contribution >= 4 is 70.1 Å². The molecule has 0 fully saturated rings. The molecule has 3 amide bonds. The number of hydrogen-bond acceptors (Lipinski definition) is 5. The average molecular weight is 649 g/mol. The van der Waals surface area contributed by atoms with Crippen LogP contribution in [-0.4, -0.2) is 29.6 Å². The molecule has 0 heterocycles. The molecule has 44 heavy (non-hydrogen) atoms. The highest BCUT2D eigenvalue weighted by atomic mass is 35.5. The van der Waals surface area contributed by atoms with Crippen molar-refractivity contribution in [2.24, 2.45) is 0 Å². The molecule has 4 rings (SSSR count). The van der Waals surface area contributed by atoms with Crippen molar-refractivity contribution in [3.05, 3.63) is 124 Å². The number of carbonyl (C=O) groups is 3. The minimum absolute atomic E-state index is 0.0354. The molecule has 0 bridgehead atoms. The second-order valence-corrected chi connectivity index (χ2v) is 11.5. The van der Waals surface area contributed by atoms with Gasteiger partial charge in [0.05, 0.1) is 27.6 Å². The van der Waals surface area contributed by atoms with E-state index in [1.165, 1.54) is 11.8 Å². The lowest BCUT2D eigenvalue weighted by Crippen LogP contribution is -2.30. The van der Waals surface area contributed by atoms with Crippen LogP contribution in [-0.2, 0) is 9.59 Å². The monoisotopic (exact) mass is 647 g/mol. The number of rotatable bonds is 12. The number of amides is 3. The van der Waals surface area contributed by atoms with Crippen LogP contribution in [0.25, 0.3) is 6.08 Å². The van der Waals surface area contributed by atoms with Crippen LogP contribution in [0.4, 0.5) is 11.4 Å². The molecule has 0 aliphatic rings. The van der Waals surface area contributed by atoms with Crippen LogP contribution in [0.3, 0.4) is 0 Å². The first-order valence-electron chi connectivity index (χ1n) is 13.9. The summed E-state index contributed by atoms with van der Waals surface area (Å²) in [6.07, 6.45) is 2.13. The zero-order valence-corrected chi connectivity index (χ0v) is 26.4. The van der Waals surface area contributed by atoms with E-state index in [4.69, 9.17) is 27.9 Å². The topological polar surface area (TPSA) is 96.5 Å². The Morgan fingerprint density at radius 3 is 2.34 bits per heavy atom. The molecule has 1 atom stereocenters. The maximum absolute atomic E-state index is 13.6. The molecule has 10 heteroatoms. The van der Waals surface area contributed by atoms with Crippen LogP contribution >= 0.6 is 35.0 Å². The van der Waals surface area contributed by atoms with Gasteiger partial charge in [-0.15, -0.1) is 11.8 Å². The molecule has 0 saturated carbocycles. The summed E-state index contributed by atoms with van der Waals surface area (Å²) >= 11 is 13.7. The lowest BCUT2D eigenvalue weighted by molar-refractivity contribution is -0.116. The van der Waals surface area contributed by atoms with E-state index in [1.54, 1.807) is 78.9 Å². The number of carbonyl (C=O) groups excluding carboxylic acids is 3. The molecule has 0 aromatic heterocycles. The van der Waals surface area contributed by atoms with E-state index in [2.05, 4.69) is 16.0 Å². The van der Waals surface area contributed by atoms with Crippen molar-refractivity contribution in [1.82, 2.24) is 5.32 Å². The largest absolute Gasteiger partial charge is 0.493 e. The van der Waals surface area contributed by atoms with Gasteiger partial charge in [-0.3, -0.25) is 14.4 Å². The SMILES string of the molecule is CCOc1ccccc1/C=C(/NC(=O)c1ccccc1)C(=O)Nc1cccc(SC(CC)C(=O)Nc2cccc(Cl)c2Cl)c1. The molecule has 1 unspecified atom stereocenters. The summed E-state index contributed by atoms with van der Waals surface area (Å²) in [6.45, 7) is 4.22. The van der Waals surface area contributed by atoms with Crippen molar-refractivity contribution in [2.75, 3.05) is 17.2 Å². The maximum Gasteiger partial charge on any atom is 0.272 e. The predicted octanol–water partition coefficient (Wildman–Crippen LogP) is 8.31. The highest BCUT2D eigenvalue weighted by Crippen LogP contribution is 2.32. The maximum atomic E-state index is 13.6. The van der Waals surface area contributed by atoms with Crippen LogP contribution < -0.4 is 20.7 Å². The van der Waals surface area contributed by atoms with Gasteiger partial charge < -0.3 is 20.7 Å². The highest BCUT2D eigenvalue weighted by molar-refractivity contribution is 8.00. The number of thioether (sulfide) groups is 1. The minimum Gasteiger partial charge on any atom is -0.493 e. The standard InChI is InChI=1S/C34H31Cl2N3O4S/c1-3-30(34(42)38-27-18-11-17-26(35)31(27)36)44-25-16-10-15-24(21-25)37-33(41)28(39-32(40)22-12-6-5-7-13-22)20-23-14-8-9-19-29(23)43-4-2/h5-21,30H,3-4H2,1-2H3,(H,37,41)(H,38,42)(H,39,40)/b28-20+. The number of anilines is 2. The second kappa shape index (κ2) is 16.0. The lowest BCUT2D eigenvalue weighted by Gasteiger charge is -2.17. The van der Waals surface area contributed by atoms with E-state index < -0.39 is 17.1 Å². The van der Waals surface area contributed by atoms with E-state index in [0.29, 0.717) is 46.3 Å². The Morgan fingerprint density at radius 1 is 0.864 bits per heavy atom. The molecule has 0 radical (unpaired) electrons. The number of ether oxygens (including phenoxy) is 1. The van der Waals surface area contributed by atoms with Gasteiger partial charge in [0.1, 0.15) is 11.4 Å². The van der Waals surface area contributed by atoms with Crippen molar-refractivity contribution < 1.29 is 19.1 Å². The molecule has 4 aromatic rings. The molecule has 0 aliphatic heterocycles. The Hall–Kier alpha value is -4.24. The van der Waals surface area contributed by atoms with Gasteiger partial charge in [0.15, 0.2) is 0 Å². The van der Waals surface area contributed by atoms with Crippen molar-refractivity contribution in [3.8, 4) is 5.75 Å². The Morgan fingerprint density at radius 2 is 1.59 bits per heavy atom. The molecule has 4 aromatic carbocycles. The number of hydrogen-bond donors (Lipinski definition) is 3. The summed E-state index contributed by atoms with van der Waals surface area (Å²) in [7, 11) is 0. The Labute approximate surface area is 271 Å². The third-order valence-corrected chi connectivity index (χ3v) is 8.47. The normalized spacial score (nSPS) is 11.8. The summed E-state index contributed by atoms with van der Waals surface area (Å²) in [6, 6.07) is 28.1. The Kier molecular flexibility index (Phi) is 11.9. The summed E-state index contributed by atoms with van der Waals surface area (Å²) < 4.78 is 5.72. The summed E-state index contributed by atoms with van der Waals surface area (Å²) in [5, 5.41) is 8.66. The Balaban J connectivity index is 1.54. The third kappa shape index (κ3) is 8.89. The predicted molar refractivity (Wildman–Crippen MR) is 180 cm³/mol. The van der Waals surface area contributed by atoms with Gasteiger partial charge in [-0.2, -0.15) is 0 Å². The molecule has 0 aliphatic carbocycles. The summed E-state index contributed by atoms with van der Waals surface area (Å²) in [5.74, 6) is -0.599. The second-order valence-electron chi connectivity index (χ2n) is 9.44. The molecule has 0 saturated heterocycles. The van der Waals surface area contributed by atoms with Crippen molar-refractivity contribution in [3.63, 3.8) is 0 Å². The third-order valence-electron chi connectivity index (χ3n) is 6.29. The number of halogens is 2. The molecule has 7 nitrogen and oxygen atoms in total. The molecular weight excluding hydrogens is 617 g/mol. The average Bonchev–Trinajstić information content (AvgIpc) is 3.03. The van der Waals surface area contributed by atoms with E-state index in [-0.39, 0.29) is 16.6 Å². The highest BCUT2D eigenvalue weighted by Gasteiger charge is 2.21. The van der Waals surface area contributed by atoms with Gasteiger partial charge in [0.25, 0.3) is 11.8 Å². The minimum atomic E-state index is -0.525. The molecule has 3 N–H and O–H groups in total. The van der Waals surface area contributed by atoms with E-state index in [0.717, 1.165) is 4.90 Å². The van der Waals surface area contributed by atoms with E-state index >= 15 is 0 Å². The smallest absolute Gasteiger partial charge is 0.272 e. The summed E-state index contributed by atoms with van der Waals surface area (Å²) in [4.78, 5) is 40.5. The number of para-hydroxylation sites is 1. The van der Waals surface area contributed by atoms with Gasteiger partial charge >= 0.3 is 0 Å². The van der Waals surface area contributed by atoms with Gasteiger partial charge in [-0.25, -0.2) is 0 Å². The fourth-order valence-electron chi connectivity index (χ4n) is 4.13. The zero-order chi connectivity index (χ0) is 31.5. The van der Waals surface area contributed by atoms with Crippen LogP contribution in [0.5, 0.6) is 5.75 Å². The van der Waals surface area contributed by atoms with Crippen LogP contribution in [0.1, 0.15) is 36.2 Å².